The number of carbonyl (C=O) groups is 3. The highest BCUT2D eigenvalue weighted by atomic mass is 16.6. The number of ether oxygens (including phenoxy) is 3. The molecular weight excluding hydrogens is 793 g/mol. The number of esters is 3. The fourth-order valence-electron chi connectivity index (χ4n) is 7.05. The van der Waals surface area contributed by atoms with E-state index in [4.69, 9.17) is 14.2 Å². The summed E-state index contributed by atoms with van der Waals surface area (Å²) in [6.07, 6.45) is 68.1. The van der Waals surface area contributed by atoms with Gasteiger partial charge >= 0.3 is 17.9 Å². The number of carbonyl (C=O) groups excluding carboxylic acids is 3. The summed E-state index contributed by atoms with van der Waals surface area (Å²) in [4.78, 5) is 38.0. The van der Waals surface area contributed by atoms with Crippen molar-refractivity contribution in [2.75, 3.05) is 13.2 Å². The van der Waals surface area contributed by atoms with Crippen LogP contribution in [0.25, 0.3) is 0 Å². The van der Waals surface area contributed by atoms with E-state index in [1.54, 1.807) is 0 Å². The topological polar surface area (TPSA) is 78.9 Å². The van der Waals surface area contributed by atoms with Crippen LogP contribution in [-0.2, 0) is 28.6 Å². The van der Waals surface area contributed by atoms with Crippen molar-refractivity contribution >= 4 is 17.9 Å². The molecule has 64 heavy (non-hydrogen) atoms. The smallest absolute Gasteiger partial charge is 0.306 e. The molecular formula is C58H96O6. The molecule has 0 rings (SSSR count). The Hall–Kier alpha value is -3.67. The Morgan fingerprint density at radius 1 is 0.328 bits per heavy atom. The fourth-order valence-corrected chi connectivity index (χ4v) is 7.05. The maximum absolute atomic E-state index is 12.8. The molecule has 0 aromatic heterocycles. The monoisotopic (exact) mass is 889 g/mol. The summed E-state index contributed by atoms with van der Waals surface area (Å²) in [5.74, 6) is -0.951. The van der Waals surface area contributed by atoms with Crippen molar-refractivity contribution in [1.82, 2.24) is 0 Å². The maximum Gasteiger partial charge on any atom is 0.306 e. The fraction of sp³-hybridized carbons (Fsp3) is 0.672. The zero-order valence-corrected chi connectivity index (χ0v) is 41.5. The Morgan fingerprint density at radius 2 is 0.641 bits per heavy atom. The first-order chi connectivity index (χ1) is 31.5. The van der Waals surface area contributed by atoms with Gasteiger partial charge in [0.25, 0.3) is 0 Å². The third-order valence-electron chi connectivity index (χ3n) is 11.0. The molecule has 0 aromatic rings. The molecule has 0 saturated carbocycles. The lowest BCUT2D eigenvalue weighted by atomic mass is 10.0. The van der Waals surface area contributed by atoms with Crippen LogP contribution in [0.1, 0.15) is 233 Å². The van der Waals surface area contributed by atoms with Crippen molar-refractivity contribution in [3.05, 3.63) is 97.2 Å². The van der Waals surface area contributed by atoms with Crippen LogP contribution in [0.2, 0.25) is 0 Å². The van der Waals surface area contributed by atoms with Crippen LogP contribution < -0.4 is 0 Å². The highest BCUT2D eigenvalue weighted by Crippen LogP contribution is 2.15. The zero-order valence-electron chi connectivity index (χ0n) is 41.5. The van der Waals surface area contributed by atoms with Crippen molar-refractivity contribution in [2.24, 2.45) is 0 Å². The lowest BCUT2D eigenvalue weighted by molar-refractivity contribution is -0.167. The summed E-state index contributed by atoms with van der Waals surface area (Å²) < 4.78 is 16.8. The van der Waals surface area contributed by atoms with Crippen LogP contribution in [0.4, 0.5) is 0 Å². The van der Waals surface area contributed by atoms with Crippen molar-refractivity contribution < 1.29 is 28.6 Å². The molecule has 0 spiro atoms. The summed E-state index contributed by atoms with van der Waals surface area (Å²) in [6.45, 7) is 6.41. The summed E-state index contributed by atoms with van der Waals surface area (Å²) in [6, 6.07) is 0. The average Bonchev–Trinajstić information content (AvgIpc) is 3.29. The maximum atomic E-state index is 12.8. The van der Waals surface area contributed by atoms with E-state index >= 15 is 0 Å². The first-order valence-electron chi connectivity index (χ1n) is 26.3. The number of allylic oxidation sites excluding steroid dienone is 16. The molecule has 0 aliphatic carbocycles. The number of rotatable bonds is 46. The second-order valence-corrected chi connectivity index (χ2v) is 17.2. The molecule has 0 fully saturated rings. The summed E-state index contributed by atoms with van der Waals surface area (Å²) in [5.41, 5.74) is 0. The molecule has 0 heterocycles. The summed E-state index contributed by atoms with van der Waals surface area (Å²) in [5, 5.41) is 0. The third-order valence-corrected chi connectivity index (χ3v) is 11.0. The van der Waals surface area contributed by atoms with Crippen LogP contribution in [0.3, 0.4) is 0 Å². The predicted molar refractivity (Wildman–Crippen MR) is 274 cm³/mol. The van der Waals surface area contributed by atoms with E-state index in [2.05, 4.69) is 45.1 Å². The van der Waals surface area contributed by atoms with E-state index in [1.807, 2.05) is 72.9 Å². The van der Waals surface area contributed by atoms with Gasteiger partial charge in [0.2, 0.25) is 0 Å². The van der Waals surface area contributed by atoms with E-state index in [-0.39, 0.29) is 31.1 Å². The molecule has 0 bridgehead atoms. The average molecular weight is 889 g/mol. The summed E-state index contributed by atoms with van der Waals surface area (Å²) in [7, 11) is 0. The van der Waals surface area contributed by atoms with E-state index in [0.717, 1.165) is 83.5 Å². The van der Waals surface area contributed by atoms with Crippen molar-refractivity contribution in [3.8, 4) is 0 Å². The minimum Gasteiger partial charge on any atom is -0.462 e. The molecule has 0 aliphatic rings. The van der Waals surface area contributed by atoms with Gasteiger partial charge in [0, 0.05) is 19.3 Å². The molecule has 364 valence electrons. The van der Waals surface area contributed by atoms with Gasteiger partial charge < -0.3 is 14.2 Å². The lowest BCUT2D eigenvalue weighted by Gasteiger charge is -2.18. The van der Waals surface area contributed by atoms with Gasteiger partial charge in [-0.05, 0) is 57.8 Å². The number of hydrogen-bond acceptors (Lipinski definition) is 6. The van der Waals surface area contributed by atoms with E-state index in [9.17, 15) is 14.4 Å². The van der Waals surface area contributed by atoms with Crippen LogP contribution in [-0.4, -0.2) is 37.2 Å². The Morgan fingerprint density at radius 3 is 1.06 bits per heavy atom. The molecule has 0 aromatic carbocycles. The van der Waals surface area contributed by atoms with Crippen molar-refractivity contribution in [3.63, 3.8) is 0 Å². The molecule has 1 atom stereocenters. The minimum atomic E-state index is -0.798. The first-order valence-corrected chi connectivity index (χ1v) is 26.3. The van der Waals surface area contributed by atoms with Crippen LogP contribution >= 0.6 is 0 Å². The molecule has 0 aliphatic heterocycles. The first kappa shape index (κ1) is 60.3. The normalized spacial score (nSPS) is 12.9. The molecule has 0 radical (unpaired) electrons. The quantitative estimate of drug-likeness (QED) is 0.0199. The highest BCUT2D eigenvalue weighted by molar-refractivity contribution is 5.71. The van der Waals surface area contributed by atoms with Crippen LogP contribution in [0.15, 0.2) is 97.2 Å². The van der Waals surface area contributed by atoms with Crippen LogP contribution in [0.5, 0.6) is 0 Å². The molecule has 0 N–H and O–H groups in total. The second-order valence-electron chi connectivity index (χ2n) is 17.2. The standard InChI is InChI=1S/C58H96O6/c1-4-7-10-13-16-19-22-24-26-28-29-30-32-33-36-39-42-45-48-51-57(60)63-54-55(53-62-56(59)50-47-44-41-38-35-21-18-15-12-9-6-3)64-58(61)52-49-46-43-40-37-34-31-27-25-23-20-17-14-11-8-5-2/h7,10,13,15-16,18-19,22,24,26,28-30,32-33,36,55H,4-6,8-9,11-12,14,17,20-21,23,25,27,31,34-35,37-54H2,1-3H3/b10-7-,16-13-,18-15-,22-19-,26-24-,29-28+,32-30-,36-33-. The predicted octanol–water partition coefficient (Wildman–Crippen LogP) is 17.4. The van der Waals surface area contributed by atoms with Gasteiger partial charge in [0.1, 0.15) is 13.2 Å². The van der Waals surface area contributed by atoms with Gasteiger partial charge in [-0.1, -0.05) is 253 Å². The number of unbranched alkanes of at least 4 members (excludes halogenated alkanes) is 25. The molecule has 0 saturated heterocycles. The second kappa shape index (κ2) is 52.0. The Kier molecular flexibility index (Phi) is 49.0. The van der Waals surface area contributed by atoms with E-state index in [0.29, 0.717) is 19.3 Å². The molecule has 6 nitrogen and oxygen atoms in total. The SMILES string of the molecule is CC\C=C/C=C\C=C/C=C\C=C\C=C/C=C\CCCCCC(=O)OCC(COC(=O)CCCCCCC/C=C\CCCC)OC(=O)CCCCCCCCCCCCCCCCCC. The van der Waals surface area contributed by atoms with Gasteiger partial charge in [-0.15, -0.1) is 0 Å². The van der Waals surface area contributed by atoms with E-state index < -0.39 is 6.10 Å². The molecule has 1 unspecified atom stereocenters. The van der Waals surface area contributed by atoms with Gasteiger partial charge in [-0.25, -0.2) is 0 Å². The van der Waals surface area contributed by atoms with Gasteiger partial charge in [-0.2, -0.15) is 0 Å². The highest BCUT2D eigenvalue weighted by Gasteiger charge is 2.19. The zero-order chi connectivity index (χ0) is 46.5. The lowest BCUT2D eigenvalue weighted by Crippen LogP contribution is -2.30. The Labute approximate surface area is 394 Å². The third kappa shape index (κ3) is 49.3. The van der Waals surface area contributed by atoms with Gasteiger partial charge in [0.15, 0.2) is 6.10 Å². The van der Waals surface area contributed by atoms with E-state index in [1.165, 1.54) is 109 Å². The minimum absolute atomic E-state index is 0.0962. The largest absolute Gasteiger partial charge is 0.462 e. The van der Waals surface area contributed by atoms with Crippen molar-refractivity contribution in [2.45, 2.75) is 239 Å². The van der Waals surface area contributed by atoms with Gasteiger partial charge in [-0.3, -0.25) is 14.4 Å². The van der Waals surface area contributed by atoms with Gasteiger partial charge in [0.05, 0.1) is 0 Å². The summed E-state index contributed by atoms with van der Waals surface area (Å²) >= 11 is 0. The van der Waals surface area contributed by atoms with Crippen molar-refractivity contribution in [1.29, 1.82) is 0 Å². The molecule has 6 heteroatoms. The molecule has 0 amide bonds. The number of hydrogen-bond donors (Lipinski definition) is 0. The van der Waals surface area contributed by atoms with Crippen LogP contribution in [0, 0.1) is 0 Å². The Balaban J connectivity index is 4.47. The Bertz CT molecular complexity index is 1300.